The summed E-state index contributed by atoms with van der Waals surface area (Å²) in [6, 6.07) is -1.16. The molecule has 54 heavy (non-hydrogen) atoms. The zero-order valence-corrected chi connectivity index (χ0v) is 34.5. The molecule has 0 spiro atoms. The second kappa shape index (κ2) is 34.2. The first-order valence-electron chi connectivity index (χ1n) is 22.4. The van der Waals surface area contributed by atoms with Crippen LogP contribution in [0.5, 0.6) is 0 Å². The van der Waals surface area contributed by atoms with Crippen molar-refractivity contribution in [3.05, 3.63) is 0 Å². The molecule has 9 unspecified atom stereocenters. The summed E-state index contributed by atoms with van der Waals surface area (Å²) in [5.74, 6) is -0.695. The predicted octanol–water partition coefficient (Wildman–Crippen LogP) is 6.72. The average Bonchev–Trinajstić information content (AvgIpc) is 3.17. The molecule has 1 rings (SSSR count). The van der Waals surface area contributed by atoms with Gasteiger partial charge in [0, 0.05) is 0 Å². The van der Waals surface area contributed by atoms with E-state index in [4.69, 9.17) is 9.47 Å². The highest BCUT2D eigenvalue weighted by Gasteiger charge is 2.44. The molecule has 1 fully saturated rings. The van der Waals surface area contributed by atoms with Gasteiger partial charge in [0.15, 0.2) is 6.29 Å². The van der Waals surface area contributed by atoms with Gasteiger partial charge in [-0.05, 0) is 12.8 Å². The standard InChI is InChI=1S/C43H85NO10/c1-3-5-7-9-11-13-15-16-17-18-19-21-23-25-27-29-31-36(47)42(52)44-34(33-53-43-41(51)40(50)39(49)37(32-45)54-43)38(48)35(46)30-28-26-24-22-20-14-12-10-8-6-4-2/h34-41,43,45-51H,3-33H2,1-2H3,(H,44,52). The van der Waals surface area contributed by atoms with Crippen LogP contribution in [-0.4, -0.2) is 110 Å². The van der Waals surface area contributed by atoms with E-state index in [1.807, 2.05) is 0 Å². The van der Waals surface area contributed by atoms with Gasteiger partial charge in [-0.25, -0.2) is 0 Å². The third kappa shape index (κ3) is 24.0. The van der Waals surface area contributed by atoms with Crippen molar-refractivity contribution in [2.45, 2.75) is 255 Å². The number of carbonyl (C=O) groups excluding carboxylic acids is 1. The van der Waals surface area contributed by atoms with Crippen LogP contribution in [0.3, 0.4) is 0 Å². The second-order valence-electron chi connectivity index (χ2n) is 16.1. The number of rotatable bonds is 37. The Morgan fingerprint density at radius 3 is 1.37 bits per heavy atom. The Hall–Kier alpha value is -0.890. The Balaban J connectivity index is 2.46. The van der Waals surface area contributed by atoms with Gasteiger partial charge in [0.2, 0.25) is 5.91 Å². The van der Waals surface area contributed by atoms with Gasteiger partial charge in [-0.15, -0.1) is 0 Å². The number of carbonyl (C=O) groups is 1. The molecule has 0 bridgehead atoms. The molecule has 0 aromatic heterocycles. The first-order chi connectivity index (χ1) is 26.2. The molecule has 1 saturated heterocycles. The number of hydrogen-bond donors (Lipinski definition) is 8. The molecule has 322 valence electrons. The molecule has 9 atom stereocenters. The van der Waals surface area contributed by atoms with Crippen molar-refractivity contribution >= 4 is 5.91 Å². The fourth-order valence-electron chi connectivity index (χ4n) is 7.38. The maximum atomic E-state index is 13.0. The molecule has 1 amide bonds. The van der Waals surface area contributed by atoms with Gasteiger partial charge in [-0.1, -0.05) is 187 Å². The summed E-state index contributed by atoms with van der Waals surface area (Å²) in [4.78, 5) is 13.0. The lowest BCUT2D eigenvalue weighted by Gasteiger charge is -2.40. The number of aliphatic hydroxyl groups is 7. The summed E-state index contributed by atoms with van der Waals surface area (Å²) in [7, 11) is 0. The van der Waals surface area contributed by atoms with Crippen LogP contribution in [0.4, 0.5) is 0 Å². The highest BCUT2D eigenvalue weighted by Crippen LogP contribution is 2.23. The van der Waals surface area contributed by atoms with Gasteiger partial charge in [-0.2, -0.15) is 0 Å². The van der Waals surface area contributed by atoms with E-state index in [9.17, 15) is 40.5 Å². The van der Waals surface area contributed by atoms with Gasteiger partial charge in [0.05, 0.1) is 25.4 Å². The second-order valence-corrected chi connectivity index (χ2v) is 16.1. The van der Waals surface area contributed by atoms with Crippen LogP contribution >= 0.6 is 0 Å². The van der Waals surface area contributed by atoms with Crippen molar-refractivity contribution < 1.29 is 50.0 Å². The fraction of sp³-hybridized carbons (Fsp3) is 0.977. The lowest BCUT2D eigenvalue weighted by Crippen LogP contribution is -2.60. The highest BCUT2D eigenvalue weighted by molar-refractivity contribution is 5.80. The average molecular weight is 776 g/mol. The summed E-state index contributed by atoms with van der Waals surface area (Å²) >= 11 is 0. The van der Waals surface area contributed by atoms with E-state index in [2.05, 4.69) is 19.2 Å². The van der Waals surface area contributed by atoms with Crippen LogP contribution in [0.2, 0.25) is 0 Å². The molecular formula is C43H85NO10. The number of unbranched alkanes of at least 4 members (excludes halogenated alkanes) is 25. The summed E-state index contributed by atoms with van der Waals surface area (Å²) in [5, 5.41) is 75.5. The molecule has 0 aliphatic carbocycles. The number of nitrogens with one attached hydrogen (secondary N) is 1. The molecule has 11 heteroatoms. The van der Waals surface area contributed by atoms with Crippen LogP contribution in [0.25, 0.3) is 0 Å². The first-order valence-corrected chi connectivity index (χ1v) is 22.4. The fourth-order valence-corrected chi connectivity index (χ4v) is 7.38. The minimum atomic E-state index is -1.65. The SMILES string of the molecule is CCCCCCCCCCCCCCCCCCC(O)C(=O)NC(COC1OC(CO)C(O)C(O)C1O)C(O)C(O)CCCCCCCCCCCCC. The zero-order chi connectivity index (χ0) is 39.8. The molecule has 11 nitrogen and oxygen atoms in total. The molecular weight excluding hydrogens is 690 g/mol. The third-order valence-electron chi connectivity index (χ3n) is 11.2. The Kier molecular flexibility index (Phi) is 32.4. The van der Waals surface area contributed by atoms with E-state index < -0.39 is 74.2 Å². The van der Waals surface area contributed by atoms with E-state index in [-0.39, 0.29) is 6.42 Å². The van der Waals surface area contributed by atoms with Crippen molar-refractivity contribution in [2.75, 3.05) is 13.2 Å². The summed E-state index contributed by atoms with van der Waals surface area (Å²) in [6.45, 7) is 3.43. The largest absolute Gasteiger partial charge is 0.394 e. The number of amides is 1. The van der Waals surface area contributed by atoms with Gasteiger partial charge in [0.25, 0.3) is 0 Å². The number of ether oxygens (including phenoxy) is 2. The van der Waals surface area contributed by atoms with Gasteiger partial charge < -0.3 is 50.5 Å². The van der Waals surface area contributed by atoms with E-state index in [1.54, 1.807) is 0 Å². The molecule has 0 saturated carbocycles. The van der Waals surface area contributed by atoms with E-state index in [0.29, 0.717) is 19.3 Å². The van der Waals surface area contributed by atoms with Crippen molar-refractivity contribution in [3.8, 4) is 0 Å². The van der Waals surface area contributed by atoms with Crippen LogP contribution in [0, 0.1) is 0 Å². The maximum Gasteiger partial charge on any atom is 0.249 e. The third-order valence-corrected chi connectivity index (χ3v) is 11.2. The smallest absolute Gasteiger partial charge is 0.249 e. The summed E-state index contributed by atoms with van der Waals surface area (Å²) in [5.41, 5.74) is 0. The molecule has 1 aliphatic rings. The van der Waals surface area contributed by atoms with Crippen LogP contribution in [0.15, 0.2) is 0 Å². The maximum absolute atomic E-state index is 13.0. The van der Waals surface area contributed by atoms with Crippen LogP contribution in [-0.2, 0) is 14.3 Å². The minimum absolute atomic E-state index is 0.266. The summed E-state index contributed by atoms with van der Waals surface area (Å²) < 4.78 is 11.1. The molecule has 0 radical (unpaired) electrons. The number of hydrogen-bond acceptors (Lipinski definition) is 10. The van der Waals surface area contributed by atoms with Gasteiger partial charge in [0.1, 0.15) is 36.6 Å². The molecule has 0 aromatic rings. The lowest BCUT2D eigenvalue weighted by atomic mass is 9.98. The van der Waals surface area contributed by atoms with Crippen LogP contribution < -0.4 is 5.32 Å². The van der Waals surface area contributed by atoms with Crippen molar-refractivity contribution in [1.82, 2.24) is 5.32 Å². The minimum Gasteiger partial charge on any atom is -0.394 e. The summed E-state index contributed by atoms with van der Waals surface area (Å²) in [6.07, 6.45) is 21.5. The van der Waals surface area contributed by atoms with E-state index in [1.165, 1.54) is 122 Å². The van der Waals surface area contributed by atoms with Gasteiger partial charge in [-0.3, -0.25) is 4.79 Å². The van der Waals surface area contributed by atoms with Crippen molar-refractivity contribution in [3.63, 3.8) is 0 Å². The van der Waals surface area contributed by atoms with Crippen molar-refractivity contribution in [1.29, 1.82) is 0 Å². The normalized spacial score (nSPS) is 22.6. The zero-order valence-electron chi connectivity index (χ0n) is 34.5. The van der Waals surface area contributed by atoms with Crippen LogP contribution in [0.1, 0.15) is 200 Å². The Morgan fingerprint density at radius 1 is 0.574 bits per heavy atom. The molecule has 8 N–H and O–H groups in total. The molecule has 0 aromatic carbocycles. The van der Waals surface area contributed by atoms with Gasteiger partial charge >= 0.3 is 0 Å². The first kappa shape index (κ1) is 51.1. The highest BCUT2D eigenvalue weighted by atomic mass is 16.7. The Labute approximate surface area is 329 Å². The number of aliphatic hydroxyl groups excluding tert-OH is 7. The lowest BCUT2D eigenvalue weighted by molar-refractivity contribution is -0.303. The van der Waals surface area contributed by atoms with E-state index >= 15 is 0 Å². The quantitative estimate of drug-likeness (QED) is 0.0315. The molecule has 1 heterocycles. The van der Waals surface area contributed by atoms with E-state index in [0.717, 1.165) is 38.5 Å². The molecule has 1 aliphatic heterocycles. The Bertz CT molecular complexity index is 851. The topological polar surface area (TPSA) is 189 Å². The monoisotopic (exact) mass is 776 g/mol. The Morgan fingerprint density at radius 2 is 0.963 bits per heavy atom. The van der Waals surface area contributed by atoms with Crippen molar-refractivity contribution in [2.24, 2.45) is 0 Å². The predicted molar refractivity (Wildman–Crippen MR) is 215 cm³/mol.